The van der Waals surface area contributed by atoms with Crippen molar-refractivity contribution in [3.05, 3.63) is 36.0 Å². The van der Waals surface area contributed by atoms with E-state index >= 15 is 0 Å². The lowest BCUT2D eigenvalue weighted by molar-refractivity contribution is -0.135. The molecule has 0 atom stereocenters. The van der Waals surface area contributed by atoms with E-state index in [2.05, 4.69) is 9.98 Å². The van der Waals surface area contributed by atoms with Gasteiger partial charge >= 0.3 is 5.97 Å². The maximum Gasteiger partial charge on any atom is 0.325 e. The number of aromatic amines is 1. The Morgan fingerprint density at radius 2 is 2.27 bits per heavy atom. The van der Waals surface area contributed by atoms with E-state index in [1.165, 1.54) is 0 Å². The molecule has 76 valence electrons. The molecule has 15 heavy (non-hydrogen) atoms. The molecular formula is C11H10N2O2. The number of hydrogen-bond donors (Lipinski definition) is 2. The number of nitrogens with one attached hydrogen (secondary N) is 1. The maximum absolute atomic E-state index is 10.3. The zero-order valence-corrected chi connectivity index (χ0v) is 7.97. The SMILES string of the molecule is O=C(O)CN=Cc1c[nH]c2ccccc12. The van der Waals surface area contributed by atoms with Crippen molar-refractivity contribution >= 4 is 23.1 Å². The molecule has 0 aliphatic rings. The third kappa shape index (κ3) is 2.04. The van der Waals surface area contributed by atoms with Crippen molar-refractivity contribution in [2.75, 3.05) is 6.54 Å². The Bertz CT molecular complexity index is 514. The standard InChI is InChI=1S/C11H10N2O2/c14-11(15)7-12-5-8-6-13-10-4-2-1-3-9(8)10/h1-6,13H,7H2,(H,14,15). The molecule has 0 aliphatic carbocycles. The first kappa shape index (κ1) is 9.45. The largest absolute Gasteiger partial charge is 0.480 e. The Hall–Kier alpha value is -2.10. The lowest BCUT2D eigenvalue weighted by Crippen LogP contribution is -1.99. The highest BCUT2D eigenvalue weighted by atomic mass is 16.4. The molecule has 1 aromatic heterocycles. The van der Waals surface area contributed by atoms with Crippen molar-refractivity contribution in [1.82, 2.24) is 4.98 Å². The molecule has 0 spiro atoms. The second-order valence-electron chi connectivity index (χ2n) is 3.15. The van der Waals surface area contributed by atoms with Gasteiger partial charge in [0.15, 0.2) is 0 Å². The Morgan fingerprint density at radius 1 is 1.47 bits per heavy atom. The first-order valence-electron chi connectivity index (χ1n) is 4.55. The third-order valence-electron chi connectivity index (χ3n) is 2.08. The van der Waals surface area contributed by atoms with Crippen molar-refractivity contribution in [3.8, 4) is 0 Å². The fourth-order valence-corrected chi connectivity index (χ4v) is 1.42. The van der Waals surface area contributed by atoms with Crippen molar-refractivity contribution in [2.24, 2.45) is 4.99 Å². The van der Waals surface area contributed by atoms with E-state index in [1.807, 2.05) is 30.5 Å². The highest BCUT2D eigenvalue weighted by molar-refractivity contribution is 5.99. The third-order valence-corrected chi connectivity index (χ3v) is 2.08. The molecule has 4 heteroatoms. The summed E-state index contributed by atoms with van der Waals surface area (Å²) in [5.41, 5.74) is 1.93. The molecule has 0 amide bonds. The molecule has 1 heterocycles. The zero-order valence-electron chi connectivity index (χ0n) is 7.97. The van der Waals surface area contributed by atoms with Crippen LogP contribution in [-0.4, -0.2) is 28.8 Å². The number of fused-ring (bicyclic) bond motifs is 1. The van der Waals surface area contributed by atoms with Gasteiger partial charge in [0.25, 0.3) is 0 Å². The van der Waals surface area contributed by atoms with Crippen LogP contribution in [0.4, 0.5) is 0 Å². The van der Waals surface area contributed by atoms with Crippen LogP contribution < -0.4 is 0 Å². The van der Waals surface area contributed by atoms with E-state index in [0.29, 0.717) is 0 Å². The summed E-state index contributed by atoms with van der Waals surface area (Å²) in [7, 11) is 0. The maximum atomic E-state index is 10.3. The number of H-pyrrole nitrogens is 1. The van der Waals surface area contributed by atoms with Crippen LogP contribution in [-0.2, 0) is 4.79 Å². The fourth-order valence-electron chi connectivity index (χ4n) is 1.42. The first-order valence-corrected chi connectivity index (χ1v) is 4.55. The molecular weight excluding hydrogens is 192 g/mol. The van der Waals surface area contributed by atoms with Gasteiger partial charge < -0.3 is 10.1 Å². The number of benzene rings is 1. The number of aliphatic imine (C=N–C) groups is 1. The first-order chi connectivity index (χ1) is 7.27. The van der Waals surface area contributed by atoms with Crippen molar-refractivity contribution in [1.29, 1.82) is 0 Å². The Balaban J connectivity index is 2.28. The Morgan fingerprint density at radius 3 is 3.07 bits per heavy atom. The van der Waals surface area contributed by atoms with Gasteiger partial charge in [-0.3, -0.25) is 9.79 Å². The summed E-state index contributed by atoms with van der Waals surface area (Å²) >= 11 is 0. The predicted octanol–water partition coefficient (Wildman–Crippen LogP) is 1.67. The number of carboxylic acid groups (broad SMARTS) is 1. The van der Waals surface area contributed by atoms with E-state index in [4.69, 9.17) is 5.11 Å². The molecule has 2 aromatic rings. The van der Waals surface area contributed by atoms with Gasteiger partial charge in [0.1, 0.15) is 6.54 Å². The molecule has 0 saturated heterocycles. The molecule has 0 bridgehead atoms. The highest BCUT2D eigenvalue weighted by Crippen LogP contribution is 2.15. The summed E-state index contributed by atoms with van der Waals surface area (Å²) in [6.07, 6.45) is 3.39. The average Bonchev–Trinajstić information content (AvgIpc) is 2.62. The summed E-state index contributed by atoms with van der Waals surface area (Å²) in [6, 6.07) is 7.81. The predicted molar refractivity (Wildman–Crippen MR) is 58.4 cm³/mol. The van der Waals surface area contributed by atoms with E-state index in [9.17, 15) is 4.79 Å². The molecule has 2 rings (SSSR count). The van der Waals surface area contributed by atoms with Crippen LogP contribution in [0, 0.1) is 0 Å². The molecule has 0 saturated carbocycles. The highest BCUT2D eigenvalue weighted by Gasteiger charge is 1.99. The number of para-hydroxylation sites is 1. The number of carboxylic acids is 1. The Kier molecular flexibility index (Phi) is 2.49. The van der Waals surface area contributed by atoms with E-state index in [-0.39, 0.29) is 6.54 Å². The van der Waals surface area contributed by atoms with Crippen molar-refractivity contribution < 1.29 is 9.90 Å². The van der Waals surface area contributed by atoms with Crippen LogP contribution >= 0.6 is 0 Å². The molecule has 0 aliphatic heterocycles. The van der Waals surface area contributed by atoms with Gasteiger partial charge in [-0.2, -0.15) is 0 Å². The molecule has 1 aromatic carbocycles. The van der Waals surface area contributed by atoms with Gasteiger partial charge in [-0.1, -0.05) is 18.2 Å². The van der Waals surface area contributed by atoms with E-state index < -0.39 is 5.97 Å². The van der Waals surface area contributed by atoms with Crippen LogP contribution in [0.15, 0.2) is 35.5 Å². The number of aromatic nitrogens is 1. The Labute approximate surface area is 86.3 Å². The second-order valence-corrected chi connectivity index (χ2v) is 3.15. The average molecular weight is 202 g/mol. The minimum Gasteiger partial charge on any atom is -0.480 e. The van der Waals surface area contributed by atoms with Crippen molar-refractivity contribution in [2.45, 2.75) is 0 Å². The van der Waals surface area contributed by atoms with Gasteiger partial charge in [-0.25, -0.2) is 0 Å². The van der Waals surface area contributed by atoms with Gasteiger partial charge in [-0.05, 0) is 6.07 Å². The van der Waals surface area contributed by atoms with Crippen LogP contribution in [0.5, 0.6) is 0 Å². The molecule has 2 N–H and O–H groups in total. The normalized spacial score (nSPS) is 11.2. The monoisotopic (exact) mass is 202 g/mol. The van der Waals surface area contributed by atoms with Crippen molar-refractivity contribution in [3.63, 3.8) is 0 Å². The summed E-state index contributed by atoms with van der Waals surface area (Å²) < 4.78 is 0. The summed E-state index contributed by atoms with van der Waals surface area (Å²) in [5.74, 6) is -0.925. The minimum absolute atomic E-state index is 0.195. The number of rotatable bonds is 3. The summed E-state index contributed by atoms with van der Waals surface area (Å²) in [5, 5.41) is 9.48. The van der Waals surface area contributed by atoms with Gasteiger partial charge in [-0.15, -0.1) is 0 Å². The quantitative estimate of drug-likeness (QED) is 0.743. The van der Waals surface area contributed by atoms with E-state index in [1.54, 1.807) is 6.21 Å². The summed E-state index contributed by atoms with van der Waals surface area (Å²) in [4.78, 5) is 17.2. The van der Waals surface area contributed by atoms with Gasteiger partial charge in [0, 0.05) is 28.9 Å². The number of nitrogens with zero attached hydrogens (tertiary/aromatic N) is 1. The van der Waals surface area contributed by atoms with Crippen LogP contribution in [0.2, 0.25) is 0 Å². The lowest BCUT2D eigenvalue weighted by Gasteiger charge is -1.89. The smallest absolute Gasteiger partial charge is 0.325 e. The van der Waals surface area contributed by atoms with Gasteiger partial charge in [0.2, 0.25) is 0 Å². The number of hydrogen-bond acceptors (Lipinski definition) is 2. The van der Waals surface area contributed by atoms with Gasteiger partial charge in [0.05, 0.1) is 0 Å². The second kappa shape index (κ2) is 3.96. The molecule has 0 radical (unpaired) electrons. The van der Waals surface area contributed by atoms with Crippen LogP contribution in [0.25, 0.3) is 10.9 Å². The summed E-state index contributed by atoms with van der Waals surface area (Å²) in [6.45, 7) is -0.195. The molecule has 0 fully saturated rings. The molecule has 4 nitrogen and oxygen atoms in total. The number of carbonyl (C=O) groups is 1. The minimum atomic E-state index is -0.925. The topological polar surface area (TPSA) is 65.4 Å². The van der Waals surface area contributed by atoms with Crippen LogP contribution in [0.1, 0.15) is 5.56 Å². The van der Waals surface area contributed by atoms with E-state index in [0.717, 1.165) is 16.5 Å². The fraction of sp³-hybridized carbons (Fsp3) is 0.0909. The lowest BCUT2D eigenvalue weighted by atomic mass is 10.2. The molecule has 0 unspecified atom stereocenters. The van der Waals surface area contributed by atoms with Crippen LogP contribution in [0.3, 0.4) is 0 Å². The number of aliphatic carboxylic acids is 1. The zero-order chi connectivity index (χ0) is 10.7.